The van der Waals surface area contributed by atoms with Gasteiger partial charge in [-0.3, -0.25) is 14.4 Å². The molecule has 212 valence electrons. The quantitative estimate of drug-likeness (QED) is 0.258. The molecule has 2 amide bonds. The summed E-state index contributed by atoms with van der Waals surface area (Å²) in [6, 6.07) is 21.4. The molecule has 11 heteroatoms. The number of anilines is 5. The Morgan fingerprint density at radius 3 is 2.60 bits per heavy atom. The van der Waals surface area contributed by atoms with Crippen molar-refractivity contribution in [1.29, 1.82) is 0 Å². The number of carbonyl (C=O) groups excluding carboxylic acids is 3. The van der Waals surface area contributed by atoms with Crippen molar-refractivity contribution in [1.82, 2.24) is 15.3 Å². The van der Waals surface area contributed by atoms with E-state index in [-0.39, 0.29) is 36.4 Å². The SMILES string of the molecule is CC12Oc3ccc(cc3NC1=O)Nc1nc(ncc1F)Nc1cccc(c1)CNC(=O)[C@H](Cc1ccccc1)CC2=O. The number of nitrogens with one attached hydrogen (secondary N) is 4. The van der Waals surface area contributed by atoms with Gasteiger partial charge in [0.15, 0.2) is 17.4 Å². The number of amides is 2. The lowest BCUT2D eigenvalue weighted by molar-refractivity contribution is -0.147. The molecular formula is C31H27FN6O4. The molecule has 42 heavy (non-hydrogen) atoms. The molecule has 0 radical (unpaired) electrons. The lowest BCUT2D eigenvalue weighted by Gasteiger charge is -2.34. The lowest BCUT2D eigenvalue weighted by Crippen LogP contribution is -2.55. The number of ether oxygens (including phenoxy) is 1. The maximum atomic E-state index is 14.6. The van der Waals surface area contributed by atoms with E-state index in [1.54, 1.807) is 30.3 Å². The number of hydrogen-bond acceptors (Lipinski definition) is 8. The minimum Gasteiger partial charge on any atom is -0.468 e. The van der Waals surface area contributed by atoms with Crippen molar-refractivity contribution in [2.24, 2.45) is 5.92 Å². The number of aromatic nitrogens is 2. The van der Waals surface area contributed by atoms with E-state index in [0.717, 1.165) is 17.3 Å². The molecule has 8 rings (SSSR count). The zero-order valence-electron chi connectivity index (χ0n) is 22.6. The van der Waals surface area contributed by atoms with E-state index in [1.165, 1.54) is 6.92 Å². The number of Topliss-reactive ketones (excluding diaryl/α,β-unsaturated/α-hetero) is 1. The van der Waals surface area contributed by atoms with Gasteiger partial charge in [-0.1, -0.05) is 42.5 Å². The largest absolute Gasteiger partial charge is 0.468 e. The highest BCUT2D eigenvalue weighted by molar-refractivity contribution is 6.16. The molecule has 10 nitrogen and oxygen atoms in total. The summed E-state index contributed by atoms with van der Waals surface area (Å²) in [7, 11) is 0. The van der Waals surface area contributed by atoms with Gasteiger partial charge in [-0.15, -0.1) is 0 Å². The van der Waals surface area contributed by atoms with Gasteiger partial charge in [0.1, 0.15) is 5.75 Å². The molecule has 0 aliphatic carbocycles. The molecule has 5 heterocycles. The van der Waals surface area contributed by atoms with Crippen LogP contribution in [0.15, 0.2) is 79.0 Å². The van der Waals surface area contributed by atoms with Crippen LogP contribution in [0.5, 0.6) is 5.75 Å². The van der Waals surface area contributed by atoms with Crippen molar-refractivity contribution in [2.45, 2.75) is 31.9 Å². The van der Waals surface area contributed by atoms with Gasteiger partial charge in [-0.05, 0) is 54.8 Å². The van der Waals surface area contributed by atoms with Gasteiger partial charge in [-0.2, -0.15) is 4.98 Å². The van der Waals surface area contributed by atoms with E-state index >= 15 is 0 Å². The first-order chi connectivity index (χ1) is 20.3. The van der Waals surface area contributed by atoms with Crippen LogP contribution >= 0.6 is 0 Å². The van der Waals surface area contributed by atoms with E-state index in [4.69, 9.17) is 4.74 Å². The second-order valence-corrected chi connectivity index (χ2v) is 10.4. The first kappa shape index (κ1) is 26.9. The van der Waals surface area contributed by atoms with Crippen molar-refractivity contribution in [3.05, 3.63) is 95.9 Å². The minimum atomic E-state index is -1.86. The van der Waals surface area contributed by atoms with E-state index in [1.807, 2.05) is 42.5 Å². The maximum Gasteiger partial charge on any atom is 0.276 e. The number of hydrogen-bond donors (Lipinski definition) is 4. The van der Waals surface area contributed by atoms with E-state index in [0.29, 0.717) is 23.5 Å². The number of benzene rings is 3. The third-order valence-electron chi connectivity index (χ3n) is 7.29. The van der Waals surface area contributed by atoms with Gasteiger partial charge in [-0.25, -0.2) is 9.37 Å². The van der Waals surface area contributed by atoms with Gasteiger partial charge in [0, 0.05) is 30.3 Å². The first-order valence-electron chi connectivity index (χ1n) is 13.4. The predicted octanol–water partition coefficient (Wildman–Crippen LogP) is 4.64. The minimum absolute atomic E-state index is 0.0854. The Morgan fingerprint density at radius 1 is 0.952 bits per heavy atom. The fourth-order valence-corrected chi connectivity index (χ4v) is 4.93. The summed E-state index contributed by atoms with van der Waals surface area (Å²) >= 11 is 0. The Hall–Kier alpha value is -5.32. The third-order valence-corrected chi connectivity index (χ3v) is 7.29. The van der Waals surface area contributed by atoms with Crippen LogP contribution in [0.1, 0.15) is 24.5 Å². The van der Waals surface area contributed by atoms with Crippen LogP contribution in [0, 0.1) is 11.7 Å². The predicted molar refractivity (Wildman–Crippen MR) is 154 cm³/mol. The molecule has 8 bridgehead atoms. The van der Waals surface area contributed by atoms with Crippen molar-refractivity contribution in [3.63, 3.8) is 0 Å². The Bertz CT molecular complexity index is 1700. The number of fused-ring (bicyclic) bond motifs is 2. The standard InChI is InChI=1S/C31H27FN6O4/c1-31-26(39)14-20(12-18-6-3-2-4-7-18)28(40)33-16-19-8-5-9-21(13-19)36-30-34-17-23(32)27(38-30)35-22-10-11-25(42-31)24(15-22)37-29(31)41/h2-11,13,15,17,20H,12,14,16H2,1H3,(H,33,40)(H,37,41)(H2,34,35,36,38)/t20-,31?/m1/s1. The molecule has 4 aliphatic rings. The monoisotopic (exact) mass is 566 g/mol. The molecule has 3 aromatic carbocycles. The molecular weight excluding hydrogens is 539 g/mol. The zero-order valence-corrected chi connectivity index (χ0v) is 22.6. The second-order valence-electron chi connectivity index (χ2n) is 10.4. The van der Waals surface area contributed by atoms with Crippen LogP contribution in [0.2, 0.25) is 0 Å². The van der Waals surface area contributed by atoms with E-state index in [9.17, 15) is 18.8 Å². The van der Waals surface area contributed by atoms with Crippen LogP contribution < -0.4 is 26.0 Å². The van der Waals surface area contributed by atoms with Gasteiger partial charge in [0.05, 0.1) is 11.9 Å². The van der Waals surface area contributed by atoms with Gasteiger partial charge < -0.3 is 26.0 Å². The summed E-state index contributed by atoms with van der Waals surface area (Å²) in [6.45, 7) is 1.59. The molecule has 2 atom stereocenters. The third kappa shape index (κ3) is 5.49. The summed E-state index contributed by atoms with van der Waals surface area (Å²) in [5, 5.41) is 11.6. The Labute approximate surface area is 240 Å². The molecule has 4 N–H and O–H groups in total. The summed E-state index contributed by atoms with van der Waals surface area (Å²) in [5.41, 5.74) is 1.17. The highest BCUT2D eigenvalue weighted by Gasteiger charge is 2.47. The van der Waals surface area contributed by atoms with Crippen molar-refractivity contribution in [2.75, 3.05) is 16.0 Å². The van der Waals surface area contributed by atoms with Gasteiger partial charge in [0.2, 0.25) is 17.5 Å². The molecule has 4 aliphatic heterocycles. The van der Waals surface area contributed by atoms with Gasteiger partial charge >= 0.3 is 0 Å². The van der Waals surface area contributed by atoms with Gasteiger partial charge in [0.25, 0.3) is 5.91 Å². The van der Waals surface area contributed by atoms with Crippen molar-refractivity contribution < 1.29 is 23.5 Å². The summed E-state index contributed by atoms with van der Waals surface area (Å²) in [5.74, 6) is -2.62. The maximum absolute atomic E-state index is 14.6. The average Bonchev–Trinajstić information content (AvgIpc) is 2.98. The molecule has 0 saturated carbocycles. The lowest BCUT2D eigenvalue weighted by atomic mass is 9.86. The van der Waals surface area contributed by atoms with E-state index < -0.39 is 29.0 Å². The molecule has 0 spiro atoms. The Balaban J connectivity index is 1.39. The fourth-order valence-electron chi connectivity index (χ4n) is 4.93. The number of nitrogens with zero attached hydrogens (tertiary/aromatic N) is 2. The first-order valence-corrected chi connectivity index (χ1v) is 13.4. The molecule has 4 aromatic rings. The van der Waals surface area contributed by atoms with Crippen LogP contribution in [0.3, 0.4) is 0 Å². The summed E-state index contributed by atoms with van der Waals surface area (Å²) in [4.78, 5) is 48.7. The second kappa shape index (κ2) is 10.9. The molecule has 0 fully saturated rings. The molecule has 1 aromatic heterocycles. The Morgan fingerprint density at radius 2 is 1.76 bits per heavy atom. The summed E-state index contributed by atoms with van der Waals surface area (Å²) < 4.78 is 20.6. The number of ketones is 1. The van der Waals surface area contributed by atoms with Crippen LogP contribution in [0.25, 0.3) is 0 Å². The number of carbonyl (C=O) groups is 3. The highest BCUT2D eigenvalue weighted by Crippen LogP contribution is 2.38. The topological polar surface area (TPSA) is 134 Å². The normalized spacial score (nSPS) is 20.0. The highest BCUT2D eigenvalue weighted by atomic mass is 19.1. The molecule has 0 saturated heterocycles. The van der Waals surface area contributed by atoms with E-state index in [2.05, 4.69) is 31.2 Å². The number of halogens is 1. The van der Waals surface area contributed by atoms with Crippen molar-refractivity contribution >= 4 is 46.4 Å². The smallest absolute Gasteiger partial charge is 0.276 e. The van der Waals surface area contributed by atoms with Crippen LogP contribution in [-0.4, -0.2) is 33.2 Å². The Kier molecular flexibility index (Phi) is 6.99. The van der Waals surface area contributed by atoms with Crippen LogP contribution in [-0.2, 0) is 27.3 Å². The van der Waals surface area contributed by atoms with Crippen LogP contribution in [0.4, 0.5) is 33.2 Å². The number of rotatable bonds is 2. The average molecular weight is 567 g/mol. The summed E-state index contributed by atoms with van der Waals surface area (Å²) in [6.07, 6.45) is 1.13. The fraction of sp³-hybridized carbons (Fsp3) is 0.194. The van der Waals surface area contributed by atoms with Crippen molar-refractivity contribution in [3.8, 4) is 5.75 Å². The zero-order chi connectivity index (χ0) is 29.3. The molecule has 1 unspecified atom stereocenters.